The van der Waals surface area contributed by atoms with E-state index in [4.69, 9.17) is 0 Å². The quantitative estimate of drug-likeness (QED) is 0.376. The van der Waals surface area contributed by atoms with Crippen LogP contribution >= 0.6 is 35.3 Å². The molecule has 126 valence electrons. The lowest BCUT2D eigenvalue weighted by atomic mass is 9.93. The van der Waals surface area contributed by atoms with Crippen molar-refractivity contribution < 1.29 is 5.11 Å². The third kappa shape index (κ3) is 6.78. The molecule has 1 aliphatic carbocycles. The standard InChI is InChI=1S/C15H26N4OS.HI/c1-3-16-15(19-12-4-6-14(20)7-5-12)17-9-8-13-10-21-11(2)18-13;/h10,12,14,20H,3-9H2,1-2H3,(H2,16,17,19);1H. The number of nitrogens with one attached hydrogen (secondary N) is 2. The molecule has 22 heavy (non-hydrogen) atoms. The minimum atomic E-state index is -0.115. The first-order valence-corrected chi connectivity index (χ1v) is 8.69. The largest absolute Gasteiger partial charge is 0.393 e. The molecule has 1 saturated carbocycles. The van der Waals surface area contributed by atoms with Gasteiger partial charge >= 0.3 is 0 Å². The Balaban J connectivity index is 0.00000242. The maximum absolute atomic E-state index is 9.55. The van der Waals surface area contributed by atoms with E-state index in [1.165, 1.54) is 0 Å². The van der Waals surface area contributed by atoms with Crippen molar-refractivity contribution >= 4 is 41.3 Å². The third-order valence-corrected chi connectivity index (χ3v) is 4.51. The van der Waals surface area contributed by atoms with E-state index in [1.54, 1.807) is 11.3 Å². The highest BCUT2D eigenvalue weighted by Crippen LogP contribution is 2.18. The molecule has 2 rings (SSSR count). The zero-order valence-electron chi connectivity index (χ0n) is 13.3. The zero-order chi connectivity index (χ0) is 15.1. The summed E-state index contributed by atoms with van der Waals surface area (Å²) in [5.41, 5.74) is 1.12. The van der Waals surface area contributed by atoms with Crippen LogP contribution in [0.2, 0.25) is 0 Å². The number of hydrogen-bond acceptors (Lipinski definition) is 4. The van der Waals surface area contributed by atoms with Crippen LogP contribution in [0.15, 0.2) is 10.4 Å². The molecule has 0 unspecified atom stereocenters. The van der Waals surface area contributed by atoms with E-state index in [0.29, 0.717) is 6.04 Å². The van der Waals surface area contributed by atoms with Crippen molar-refractivity contribution in [2.45, 2.75) is 58.1 Å². The van der Waals surface area contributed by atoms with Gasteiger partial charge in [-0.1, -0.05) is 0 Å². The topological polar surface area (TPSA) is 69.5 Å². The number of halogens is 1. The Kier molecular flexibility index (Phi) is 9.27. The zero-order valence-corrected chi connectivity index (χ0v) is 16.5. The second kappa shape index (κ2) is 10.4. The van der Waals surface area contributed by atoms with E-state index < -0.39 is 0 Å². The summed E-state index contributed by atoms with van der Waals surface area (Å²) in [4.78, 5) is 9.09. The molecule has 0 aromatic carbocycles. The van der Waals surface area contributed by atoms with Gasteiger partial charge in [0, 0.05) is 30.9 Å². The van der Waals surface area contributed by atoms with E-state index >= 15 is 0 Å². The number of aromatic nitrogens is 1. The van der Waals surface area contributed by atoms with Gasteiger partial charge in [0.15, 0.2) is 5.96 Å². The Hall–Kier alpha value is -0.410. The van der Waals surface area contributed by atoms with E-state index in [0.717, 1.165) is 61.9 Å². The van der Waals surface area contributed by atoms with Crippen LogP contribution in [0.5, 0.6) is 0 Å². The number of hydrogen-bond donors (Lipinski definition) is 3. The van der Waals surface area contributed by atoms with Crippen molar-refractivity contribution in [1.82, 2.24) is 15.6 Å². The molecule has 0 saturated heterocycles. The van der Waals surface area contributed by atoms with Crippen LogP contribution in [0, 0.1) is 6.92 Å². The number of aliphatic hydroxyl groups excluding tert-OH is 1. The van der Waals surface area contributed by atoms with Crippen LogP contribution in [0.25, 0.3) is 0 Å². The average molecular weight is 438 g/mol. The lowest BCUT2D eigenvalue weighted by molar-refractivity contribution is 0.120. The summed E-state index contributed by atoms with van der Waals surface area (Å²) < 4.78 is 0. The Labute approximate surface area is 154 Å². The molecule has 0 radical (unpaired) electrons. The molecule has 1 fully saturated rings. The van der Waals surface area contributed by atoms with Crippen LogP contribution in [-0.4, -0.2) is 41.3 Å². The minimum absolute atomic E-state index is 0. The first kappa shape index (κ1) is 19.6. The maximum atomic E-state index is 9.55. The van der Waals surface area contributed by atoms with Gasteiger partial charge < -0.3 is 15.7 Å². The lowest BCUT2D eigenvalue weighted by Gasteiger charge is -2.27. The van der Waals surface area contributed by atoms with Gasteiger partial charge in [0.25, 0.3) is 0 Å². The molecular weight excluding hydrogens is 411 g/mol. The molecule has 1 aliphatic rings. The van der Waals surface area contributed by atoms with Gasteiger partial charge in [0.05, 0.1) is 16.8 Å². The molecule has 5 nitrogen and oxygen atoms in total. The Morgan fingerprint density at radius 1 is 1.41 bits per heavy atom. The highest BCUT2D eigenvalue weighted by atomic mass is 127. The molecule has 1 aromatic heterocycles. The predicted octanol–water partition coefficient (Wildman–Crippen LogP) is 2.47. The van der Waals surface area contributed by atoms with Crippen molar-refractivity contribution in [1.29, 1.82) is 0 Å². The van der Waals surface area contributed by atoms with Gasteiger partial charge in [-0.2, -0.15) is 0 Å². The van der Waals surface area contributed by atoms with Gasteiger partial charge in [0.2, 0.25) is 0 Å². The first-order chi connectivity index (χ1) is 10.2. The highest BCUT2D eigenvalue weighted by molar-refractivity contribution is 14.0. The maximum Gasteiger partial charge on any atom is 0.191 e. The van der Waals surface area contributed by atoms with Crippen LogP contribution in [0.3, 0.4) is 0 Å². The summed E-state index contributed by atoms with van der Waals surface area (Å²) in [6.45, 7) is 5.71. The predicted molar refractivity (Wildman–Crippen MR) is 103 cm³/mol. The van der Waals surface area contributed by atoms with E-state index in [9.17, 15) is 5.11 Å². The fourth-order valence-electron chi connectivity index (χ4n) is 2.54. The highest BCUT2D eigenvalue weighted by Gasteiger charge is 2.19. The SMILES string of the molecule is CCNC(=NCCc1csc(C)n1)NC1CCC(O)CC1.I. The lowest BCUT2D eigenvalue weighted by Crippen LogP contribution is -2.45. The summed E-state index contributed by atoms with van der Waals surface area (Å²) in [6.07, 6.45) is 4.55. The second-order valence-corrected chi connectivity index (χ2v) is 6.58. The van der Waals surface area contributed by atoms with Gasteiger partial charge in [-0.05, 0) is 39.5 Å². The second-order valence-electron chi connectivity index (χ2n) is 5.52. The molecule has 0 bridgehead atoms. The molecule has 3 N–H and O–H groups in total. The number of nitrogens with zero attached hydrogens (tertiary/aromatic N) is 2. The summed E-state index contributed by atoms with van der Waals surface area (Å²) in [6, 6.07) is 0.424. The van der Waals surface area contributed by atoms with Gasteiger partial charge in [-0.25, -0.2) is 4.98 Å². The van der Waals surface area contributed by atoms with E-state index in [2.05, 4.69) is 32.9 Å². The minimum Gasteiger partial charge on any atom is -0.393 e. The summed E-state index contributed by atoms with van der Waals surface area (Å²) in [7, 11) is 0. The molecule has 0 atom stereocenters. The fraction of sp³-hybridized carbons (Fsp3) is 0.733. The normalized spacial score (nSPS) is 22.0. The van der Waals surface area contributed by atoms with Crippen LogP contribution < -0.4 is 10.6 Å². The summed E-state index contributed by atoms with van der Waals surface area (Å²) in [5, 5.41) is 19.5. The van der Waals surface area contributed by atoms with Crippen LogP contribution in [-0.2, 0) is 6.42 Å². The molecule has 1 aromatic rings. The molecule has 0 amide bonds. The van der Waals surface area contributed by atoms with Gasteiger partial charge in [0.1, 0.15) is 0 Å². The van der Waals surface area contributed by atoms with Gasteiger partial charge in [-0.3, -0.25) is 4.99 Å². The number of aryl methyl sites for hydroxylation is 1. The Morgan fingerprint density at radius 2 is 2.14 bits per heavy atom. The van der Waals surface area contributed by atoms with Crippen LogP contribution in [0.1, 0.15) is 43.3 Å². The molecule has 7 heteroatoms. The van der Waals surface area contributed by atoms with Crippen molar-refractivity contribution in [3.05, 3.63) is 16.1 Å². The summed E-state index contributed by atoms with van der Waals surface area (Å²) >= 11 is 1.69. The molecular formula is C15H27IN4OS. The van der Waals surface area contributed by atoms with Crippen LogP contribution in [0.4, 0.5) is 0 Å². The number of rotatable bonds is 5. The molecule has 0 spiro atoms. The molecule has 0 aliphatic heterocycles. The van der Waals surface area contributed by atoms with Crippen molar-refractivity contribution in [2.24, 2.45) is 4.99 Å². The summed E-state index contributed by atoms with van der Waals surface area (Å²) in [5.74, 6) is 0.880. The average Bonchev–Trinajstić information content (AvgIpc) is 2.87. The Bertz CT molecular complexity index is 458. The number of thiazole rings is 1. The van der Waals surface area contributed by atoms with E-state index in [-0.39, 0.29) is 30.1 Å². The van der Waals surface area contributed by atoms with E-state index in [1.807, 2.05) is 6.92 Å². The number of aliphatic hydroxyl groups is 1. The van der Waals surface area contributed by atoms with Crippen molar-refractivity contribution in [3.63, 3.8) is 0 Å². The first-order valence-electron chi connectivity index (χ1n) is 7.81. The van der Waals surface area contributed by atoms with Crippen molar-refractivity contribution in [2.75, 3.05) is 13.1 Å². The fourth-order valence-corrected chi connectivity index (χ4v) is 3.19. The number of aliphatic imine (C=N–C) groups is 1. The van der Waals surface area contributed by atoms with Gasteiger partial charge in [-0.15, -0.1) is 35.3 Å². The van der Waals surface area contributed by atoms with Crippen molar-refractivity contribution in [3.8, 4) is 0 Å². The molecule has 1 heterocycles. The smallest absolute Gasteiger partial charge is 0.191 e. The monoisotopic (exact) mass is 438 g/mol. The number of guanidine groups is 1. The Morgan fingerprint density at radius 3 is 2.73 bits per heavy atom. The third-order valence-electron chi connectivity index (χ3n) is 3.69.